The maximum Gasteiger partial charge on any atom is 0.240 e. The van der Waals surface area contributed by atoms with Crippen molar-refractivity contribution in [3.05, 3.63) is 125 Å². The van der Waals surface area contributed by atoms with E-state index in [9.17, 15) is 13.5 Å². The third-order valence-corrected chi connectivity index (χ3v) is 10.4. The quantitative estimate of drug-likeness (QED) is 0.192. The Morgan fingerprint density at radius 1 is 0.717 bits per heavy atom. The Kier molecular flexibility index (Phi) is 11.0. The molecule has 2 heterocycles. The van der Waals surface area contributed by atoms with Crippen molar-refractivity contribution in [2.24, 2.45) is 0 Å². The van der Waals surface area contributed by atoms with E-state index in [2.05, 4.69) is 40.0 Å². The molecule has 0 amide bonds. The average Bonchev–Trinajstić information content (AvgIpc) is 3.09. The Labute approximate surface area is 273 Å². The van der Waals surface area contributed by atoms with Crippen LogP contribution in [0.5, 0.6) is 0 Å². The summed E-state index contributed by atoms with van der Waals surface area (Å²) in [6.07, 6.45) is 6.50. The van der Waals surface area contributed by atoms with E-state index < -0.39 is 16.3 Å². The molecule has 2 aliphatic heterocycles. The summed E-state index contributed by atoms with van der Waals surface area (Å²) in [4.78, 5) is 2.81. The summed E-state index contributed by atoms with van der Waals surface area (Å²) in [5.74, 6) is 0. The number of sulfonamides is 1. The minimum Gasteiger partial charge on any atom is -0.392 e. The van der Waals surface area contributed by atoms with Crippen LogP contribution in [0.1, 0.15) is 73.2 Å². The third-order valence-electron chi connectivity index (χ3n) is 8.96. The highest BCUT2D eigenvalue weighted by molar-refractivity contribution is 7.89. The van der Waals surface area contributed by atoms with Crippen molar-refractivity contribution in [1.29, 1.82) is 0 Å². The molecule has 46 heavy (non-hydrogen) atoms. The second kappa shape index (κ2) is 15.5. The topological polar surface area (TPSA) is 88.1 Å². The fourth-order valence-corrected chi connectivity index (χ4v) is 7.44. The molecule has 0 aromatic heterocycles. The number of likely N-dealkylation sites (tertiary alicyclic amines) is 1. The second-order valence-corrected chi connectivity index (χ2v) is 14.1. The molecule has 0 aliphatic carbocycles. The molecular formula is C38H44N2O5S. The van der Waals surface area contributed by atoms with Crippen molar-refractivity contribution in [2.75, 3.05) is 19.6 Å². The summed E-state index contributed by atoms with van der Waals surface area (Å²) < 4.78 is 41.6. The zero-order valence-electron chi connectivity index (χ0n) is 26.3. The van der Waals surface area contributed by atoms with Crippen molar-refractivity contribution < 1.29 is 23.0 Å². The molecule has 2 saturated heterocycles. The Bertz CT molecular complexity index is 1650. The van der Waals surface area contributed by atoms with Crippen LogP contribution in [0.3, 0.4) is 0 Å². The Balaban J connectivity index is 1.20. The van der Waals surface area contributed by atoms with Crippen LogP contribution in [-0.4, -0.2) is 44.2 Å². The molecule has 0 spiro atoms. The SMILES string of the molecule is O=S(=O)(NCc1cccc(-c2cccc(C3OC(CN4CCCCCCC4)CC(c4ccc(CO)cc4)O3)c2)c1)c1ccccc1. The van der Waals surface area contributed by atoms with Gasteiger partial charge in [0.1, 0.15) is 0 Å². The molecule has 2 fully saturated rings. The van der Waals surface area contributed by atoms with Gasteiger partial charge in [0, 0.05) is 25.1 Å². The Morgan fingerprint density at radius 2 is 1.41 bits per heavy atom. The van der Waals surface area contributed by atoms with Crippen LogP contribution >= 0.6 is 0 Å². The fourth-order valence-electron chi connectivity index (χ4n) is 6.40. The zero-order chi connectivity index (χ0) is 31.8. The first-order chi connectivity index (χ1) is 22.5. The summed E-state index contributed by atoms with van der Waals surface area (Å²) >= 11 is 0. The summed E-state index contributed by atoms with van der Waals surface area (Å²) in [5.41, 5.74) is 5.78. The van der Waals surface area contributed by atoms with Crippen molar-refractivity contribution in [1.82, 2.24) is 9.62 Å². The number of benzene rings is 4. The van der Waals surface area contributed by atoms with Crippen molar-refractivity contribution in [2.45, 2.75) is 75.1 Å². The zero-order valence-corrected chi connectivity index (χ0v) is 27.1. The molecule has 7 nitrogen and oxygen atoms in total. The lowest BCUT2D eigenvalue weighted by Gasteiger charge is -2.39. The molecule has 4 aromatic carbocycles. The van der Waals surface area contributed by atoms with Gasteiger partial charge in [-0.15, -0.1) is 0 Å². The first kappa shape index (κ1) is 32.6. The number of aliphatic hydroxyl groups is 1. The molecule has 2 aliphatic rings. The van der Waals surface area contributed by atoms with E-state index >= 15 is 0 Å². The van der Waals surface area contributed by atoms with Crippen molar-refractivity contribution >= 4 is 10.0 Å². The largest absolute Gasteiger partial charge is 0.392 e. The van der Waals surface area contributed by atoms with E-state index in [1.165, 1.54) is 32.1 Å². The van der Waals surface area contributed by atoms with E-state index in [0.29, 0.717) is 0 Å². The third kappa shape index (κ3) is 8.50. The van der Waals surface area contributed by atoms with Gasteiger partial charge in [-0.3, -0.25) is 0 Å². The van der Waals surface area contributed by atoms with Gasteiger partial charge in [-0.2, -0.15) is 0 Å². The van der Waals surface area contributed by atoms with Crippen LogP contribution in [0.15, 0.2) is 108 Å². The van der Waals surface area contributed by atoms with Crippen LogP contribution in [0.25, 0.3) is 11.1 Å². The van der Waals surface area contributed by atoms with Crippen LogP contribution in [0, 0.1) is 0 Å². The summed E-state index contributed by atoms with van der Waals surface area (Å²) in [6.45, 7) is 3.30. The molecule has 0 radical (unpaired) electrons. The molecule has 4 aromatic rings. The van der Waals surface area contributed by atoms with E-state index in [-0.39, 0.29) is 30.3 Å². The summed E-state index contributed by atoms with van der Waals surface area (Å²) in [6, 6.07) is 32.6. The van der Waals surface area contributed by atoms with Gasteiger partial charge in [-0.1, -0.05) is 98.1 Å². The maximum atomic E-state index is 12.8. The first-order valence-electron chi connectivity index (χ1n) is 16.4. The summed E-state index contributed by atoms with van der Waals surface area (Å²) in [5, 5.41) is 9.56. The van der Waals surface area contributed by atoms with Crippen LogP contribution < -0.4 is 4.72 Å². The van der Waals surface area contributed by atoms with Crippen LogP contribution in [0.2, 0.25) is 0 Å². The molecule has 242 valence electrons. The van der Waals surface area contributed by atoms with Gasteiger partial charge in [0.25, 0.3) is 0 Å². The molecule has 3 atom stereocenters. The monoisotopic (exact) mass is 640 g/mol. The maximum absolute atomic E-state index is 12.8. The lowest BCUT2D eigenvalue weighted by Crippen LogP contribution is -2.40. The van der Waals surface area contributed by atoms with E-state index in [0.717, 1.165) is 59.4 Å². The number of hydrogen-bond donors (Lipinski definition) is 2. The van der Waals surface area contributed by atoms with Crippen LogP contribution in [-0.2, 0) is 32.6 Å². The number of nitrogens with one attached hydrogen (secondary N) is 1. The molecule has 0 bridgehead atoms. The van der Waals surface area contributed by atoms with Gasteiger partial charge in [-0.25, -0.2) is 13.1 Å². The lowest BCUT2D eigenvalue weighted by molar-refractivity contribution is -0.253. The Hall–Kier alpha value is -3.37. The standard InChI is InChI=1S/C38H44N2O5S/c41-28-29-17-19-31(20-18-29)37-25-35(27-40-21-7-2-1-3-8-22-40)44-38(45-37)34-14-10-13-33(24-34)32-12-9-11-30(23-32)26-39-46(42,43)36-15-5-4-6-16-36/h4-6,9-20,23-24,35,37-39,41H,1-3,7-8,21-22,25-28H2. The first-order valence-corrected chi connectivity index (χ1v) is 17.9. The number of aliphatic hydroxyl groups excluding tert-OH is 1. The highest BCUT2D eigenvalue weighted by Gasteiger charge is 2.33. The number of ether oxygens (including phenoxy) is 2. The molecule has 8 heteroatoms. The molecular weight excluding hydrogens is 596 g/mol. The number of nitrogens with zero attached hydrogens (tertiary/aromatic N) is 1. The predicted octanol–water partition coefficient (Wildman–Crippen LogP) is 7.14. The summed E-state index contributed by atoms with van der Waals surface area (Å²) in [7, 11) is -3.61. The van der Waals surface area contributed by atoms with E-state index in [1.54, 1.807) is 30.3 Å². The molecule has 2 N–H and O–H groups in total. The highest BCUT2D eigenvalue weighted by atomic mass is 32.2. The van der Waals surface area contributed by atoms with Gasteiger partial charge >= 0.3 is 0 Å². The highest BCUT2D eigenvalue weighted by Crippen LogP contribution is 2.39. The molecule has 0 saturated carbocycles. The van der Waals surface area contributed by atoms with Gasteiger partial charge in [0.2, 0.25) is 10.0 Å². The minimum atomic E-state index is -3.61. The van der Waals surface area contributed by atoms with Crippen molar-refractivity contribution in [3.8, 4) is 11.1 Å². The van der Waals surface area contributed by atoms with Gasteiger partial charge < -0.3 is 19.5 Å². The fraction of sp³-hybridized carbons (Fsp3) is 0.368. The smallest absolute Gasteiger partial charge is 0.240 e. The van der Waals surface area contributed by atoms with Crippen molar-refractivity contribution in [3.63, 3.8) is 0 Å². The predicted molar refractivity (Wildman–Crippen MR) is 180 cm³/mol. The van der Waals surface area contributed by atoms with E-state index in [4.69, 9.17) is 9.47 Å². The average molecular weight is 641 g/mol. The number of rotatable bonds is 10. The van der Waals surface area contributed by atoms with E-state index in [1.807, 2.05) is 42.5 Å². The lowest BCUT2D eigenvalue weighted by atomic mass is 9.98. The van der Waals surface area contributed by atoms with Gasteiger partial charge in [-0.05, 0) is 78.0 Å². The van der Waals surface area contributed by atoms with Gasteiger partial charge in [0.05, 0.1) is 23.7 Å². The van der Waals surface area contributed by atoms with Crippen LogP contribution in [0.4, 0.5) is 0 Å². The number of hydrogen-bond acceptors (Lipinski definition) is 6. The van der Waals surface area contributed by atoms with Gasteiger partial charge in [0.15, 0.2) is 6.29 Å². The molecule has 6 rings (SSSR count). The minimum absolute atomic E-state index is 0.0159. The molecule has 3 unspecified atom stereocenters. The second-order valence-electron chi connectivity index (χ2n) is 12.4. The normalized spacial score (nSPS) is 21.4. The Morgan fingerprint density at radius 3 is 2.15 bits per heavy atom.